The van der Waals surface area contributed by atoms with Crippen LogP contribution in [0.4, 0.5) is 0 Å². The molecule has 0 unspecified atom stereocenters. The molecule has 0 bridgehead atoms. The minimum absolute atomic E-state index is 0.208. The van der Waals surface area contributed by atoms with Crippen LogP contribution in [0.15, 0.2) is 11.6 Å². The van der Waals surface area contributed by atoms with Crippen molar-refractivity contribution in [1.82, 2.24) is 0 Å². The van der Waals surface area contributed by atoms with E-state index in [9.17, 15) is 4.79 Å². The summed E-state index contributed by atoms with van der Waals surface area (Å²) >= 11 is 0. The van der Waals surface area contributed by atoms with E-state index in [1.54, 1.807) is 0 Å². The molecule has 52 valence electrons. The summed E-state index contributed by atoms with van der Waals surface area (Å²) in [4.78, 5) is 18.9. The molecule has 0 aliphatic carbocycles. The van der Waals surface area contributed by atoms with Gasteiger partial charge in [-0.1, -0.05) is 0 Å². The van der Waals surface area contributed by atoms with Crippen LogP contribution in [-0.4, -0.2) is 12.6 Å². The zero-order valence-corrected chi connectivity index (χ0v) is 5.16. The first kappa shape index (κ1) is 6.78. The molecule has 0 saturated heterocycles. The van der Waals surface area contributed by atoms with E-state index in [1.165, 1.54) is 6.08 Å². The standard InChI is InChI=1S/C6H5NO3/c7-2-1-5-3-6(8)10-9-4-5/h3H,1,4H2. The van der Waals surface area contributed by atoms with Gasteiger partial charge in [0.15, 0.2) is 0 Å². The molecule has 0 saturated carbocycles. The number of carbonyl (C=O) groups excluding carboxylic acids is 1. The molecule has 1 aliphatic heterocycles. The molecule has 1 rings (SSSR count). The maximum Gasteiger partial charge on any atom is 0.366 e. The highest BCUT2D eigenvalue weighted by atomic mass is 17.2. The summed E-state index contributed by atoms with van der Waals surface area (Å²) in [7, 11) is 0. The Morgan fingerprint density at radius 2 is 2.60 bits per heavy atom. The van der Waals surface area contributed by atoms with E-state index in [2.05, 4.69) is 9.78 Å². The lowest BCUT2D eigenvalue weighted by atomic mass is 10.2. The third-order valence-electron chi connectivity index (χ3n) is 1.01. The second-order valence-electron chi connectivity index (χ2n) is 1.80. The largest absolute Gasteiger partial charge is 0.366 e. The molecule has 10 heavy (non-hydrogen) atoms. The lowest BCUT2D eigenvalue weighted by molar-refractivity contribution is -0.266. The Labute approximate surface area is 57.6 Å². The van der Waals surface area contributed by atoms with Crippen LogP contribution in [0, 0.1) is 11.3 Å². The first-order valence-corrected chi connectivity index (χ1v) is 2.73. The molecular formula is C6H5NO3. The molecule has 0 aromatic rings. The van der Waals surface area contributed by atoms with E-state index in [1.807, 2.05) is 6.07 Å². The summed E-state index contributed by atoms with van der Waals surface area (Å²) in [6, 6.07) is 1.90. The van der Waals surface area contributed by atoms with Crippen LogP contribution >= 0.6 is 0 Å². The number of rotatable bonds is 1. The maximum absolute atomic E-state index is 10.4. The lowest BCUT2D eigenvalue weighted by Gasteiger charge is -2.07. The Kier molecular flexibility index (Phi) is 2.03. The smallest absolute Gasteiger partial charge is 0.293 e. The highest BCUT2D eigenvalue weighted by Crippen LogP contribution is 2.06. The summed E-state index contributed by atoms with van der Waals surface area (Å²) in [5, 5.41) is 8.21. The van der Waals surface area contributed by atoms with Crippen molar-refractivity contribution in [2.45, 2.75) is 6.42 Å². The van der Waals surface area contributed by atoms with Crippen molar-refractivity contribution in [3.05, 3.63) is 11.6 Å². The second kappa shape index (κ2) is 2.99. The fourth-order valence-corrected chi connectivity index (χ4v) is 0.599. The van der Waals surface area contributed by atoms with Crippen LogP contribution in [0.5, 0.6) is 0 Å². The quantitative estimate of drug-likeness (QED) is 0.490. The molecule has 0 N–H and O–H groups in total. The van der Waals surface area contributed by atoms with E-state index < -0.39 is 5.97 Å². The topological polar surface area (TPSA) is 59.3 Å². The van der Waals surface area contributed by atoms with Crippen molar-refractivity contribution >= 4 is 5.97 Å². The van der Waals surface area contributed by atoms with Gasteiger partial charge in [0.25, 0.3) is 0 Å². The average Bonchev–Trinajstić information content (AvgIpc) is 1.88. The van der Waals surface area contributed by atoms with Crippen LogP contribution in [0.2, 0.25) is 0 Å². The third kappa shape index (κ3) is 1.57. The first-order chi connectivity index (χ1) is 4.83. The number of hydrogen-bond acceptors (Lipinski definition) is 4. The lowest BCUT2D eigenvalue weighted by Crippen LogP contribution is -2.12. The highest BCUT2D eigenvalue weighted by Gasteiger charge is 2.10. The van der Waals surface area contributed by atoms with Crippen molar-refractivity contribution in [3.63, 3.8) is 0 Å². The van der Waals surface area contributed by atoms with Gasteiger partial charge in [-0.05, 0) is 5.57 Å². The van der Waals surface area contributed by atoms with Crippen molar-refractivity contribution in [1.29, 1.82) is 5.26 Å². The van der Waals surface area contributed by atoms with Gasteiger partial charge >= 0.3 is 5.97 Å². The molecule has 0 atom stereocenters. The Bertz CT molecular complexity index is 214. The molecule has 0 amide bonds. The highest BCUT2D eigenvalue weighted by molar-refractivity contribution is 5.82. The average molecular weight is 139 g/mol. The van der Waals surface area contributed by atoms with Gasteiger partial charge in [0, 0.05) is 6.08 Å². The van der Waals surface area contributed by atoms with E-state index in [0.29, 0.717) is 5.57 Å². The predicted octanol–water partition coefficient (Wildman–Crippen LogP) is 0.315. The monoisotopic (exact) mass is 139 g/mol. The summed E-state index contributed by atoms with van der Waals surface area (Å²) in [6.07, 6.45) is 1.49. The normalized spacial score (nSPS) is 17.1. The molecule has 0 aromatic heterocycles. The van der Waals surface area contributed by atoms with Gasteiger partial charge in [0.2, 0.25) is 0 Å². The van der Waals surface area contributed by atoms with Crippen LogP contribution in [0.1, 0.15) is 6.42 Å². The van der Waals surface area contributed by atoms with Gasteiger partial charge in [-0.3, -0.25) is 4.89 Å². The number of hydrogen-bond donors (Lipinski definition) is 0. The SMILES string of the molecule is N#CCC1=CC(=O)OOC1. The molecule has 4 nitrogen and oxygen atoms in total. The van der Waals surface area contributed by atoms with E-state index in [0.717, 1.165) is 0 Å². The van der Waals surface area contributed by atoms with Gasteiger partial charge in [-0.2, -0.15) is 10.1 Å². The Balaban J connectivity index is 2.59. The number of carbonyl (C=O) groups is 1. The van der Waals surface area contributed by atoms with Crippen molar-refractivity contribution < 1.29 is 14.6 Å². The number of nitrogens with zero attached hydrogens (tertiary/aromatic N) is 1. The van der Waals surface area contributed by atoms with Gasteiger partial charge < -0.3 is 0 Å². The Morgan fingerprint density at radius 3 is 3.20 bits per heavy atom. The van der Waals surface area contributed by atoms with Gasteiger partial charge in [0.1, 0.15) is 6.61 Å². The van der Waals surface area contributed by atoms with Crippen LogP contribution in [0.3, 0.4) is 0 Å². The minimum Gasteiger partial charge on any atom is -0.293 e. The van der Waals surface area contributed by atoms with Gasteiger partial charge in [0.05, 0.1) is 12.5 Å². The predicted molar refractivity (Wildman–Crippen MR) is 30.4 cm³/mol. The minimum atomic E-state index is -0.545. The summed E-state index contributed by atoms with van der Waals surface area (Å²) in [5.41, 5.74) is 0.652. The third-order valence-corrected chi connectivity index (χ3v) is 1.01. The van der Waals surface area contributed by atoms with E-state index >= 15 is 0 Å². The van der Waals surface area contributed by atoms with E-state index in [4.69, 9.17) is 5.26 Å². The summed E-state index contributed by atoms with van der Waals surface area (Å²) in [6.45, 7) is 0.208. The van der Waals surface area contributed by atoms with Crippen molar-refractivity contribution in [2.24, 2.45) is 0 Å². The molecule has 1 aliphatic rings. The molecule has 0 spiro atoms. The van der Waals surface area contributed by atoms with Gasteiger partial charge in [-0.25, -0.2) is 4.79 Å². The molecular weight excluding hydrogens is 134 g/mol. The van der Waals surface area contributed by atoms with E-state index in [-0.39, 0.29) is 13.0 Å². The van der Waals surface area contributed by atoms with Crippen molar-refractivity contribution in [2.75, 3.05) is 6.61 Å². The Morgan fingerprint density at radius 1 is 1.80 bits per heavy atom. The van der Waals surface area contributed by atoms with Gasteiger partial charge in [-0.15, -0.1) is 0 Å². The molecule has 0 aromatic carbocycles. The fourth-order valence-electron chi connectivity index (χ4n) is 0.599. The molecule has 4 heteroatoms. The molecule has 0 fully saturated rings. The van der Waals surface area contributed by atoms with Crippen molar-refractivity contribution in [3.8, 4) is 6.07 Å². The maximum atomic E-state index is 10.4. The molecule has 0 radical (unpaired) electrons. The zero-order chi connectivity index (χ0) is 7.40. The zero-order valence-electron chi connectivity index (χ0n) is 5.16. The van der Waals surface area contributed by atoms with Crippen LogP contribution in [0.25, 0.3) is 0 Å². The second-order valence-corrected chi connectivity index (χ2v) is 1.80. The van der Waals surface area contributed by atoms with Crippen LogP contribution in [-0.2, 0) is 14.6 Å². The fraction of sp³-hybridized carbons (Fsp3) is 0.333. The molecule has 1 heterocycles. The Hall–Kier alpha value is -1.34. The number of nitriles is 1. The van der Waals surface area contributed by atoms with Crippen LogP contribution < -0.4 is 0 Å². The first-order valence-electron chi connectivity index (χ1n) is 2.73. The summed E-state index contributed by atoms with van der Waals surface area (Å²) in [5.74, 6) is -0.545. The summed E-state index contributed by atoms with van der Waals surface area (Å²) < 4.78 is 0.